The minimum absolute atomic E-state index is 0.568. The van der Waals surface area contributed by atoms with Crippen LogP contribution in [-0.4, -0.2) is 32.3 Å². The molecule has 1 atom stereocenters. The first-order valence-electron chi connectivity index (χ1n) is 7.87. The molecule has 1 fully saturated rings. The van der Waals surface area contributed by atoms with E-state index in [-0.39, 0.29) is 0 Å². The Bertz CT molecular complexity index is 576. The number of hydrogen-bond donors (Lipinski definition) is 0. The summed E-state index contributed by atoms with van der Waals surface area (Å²) in [6.07, 6.45) is 5.75. The highest BCUT2D eigenvalue weighted by molar-refractivity contribution is 5.07. The Labute approximate surface area is 126 Å². The van der Waals surface area contributed by atoms with Crippen molar-refractivity contribution in [3.63, 3.8) is 0 Å². The van der Waals surface area contributed by atoms with E-state index in [4.69, 9.17) is 0 Å². The Morgan fingerprint density at radius 1 is 1.24 bits per heavy atom. The lowest BCUT2D eigenvalue weighted by atomic mass is 10.0. The van der Waals surface area contributed by atoms with Gasteiger partial charge in [0.2, 0.25) is 0 Å². The quantitative estimate of drug-likeness (QED) is 0.865. The molecular formula is C17H24N4. The summed E-state index contributed by atoms with van der Waals surface area (Å²) in [5.74, 6) is 0. The van der Waals surface area contributed by atoms with Gasteiger partial charge in [0.1, 0.15) is 0 Å². The zero-order valence-corrected chi connectivity index (χ0v) is 13.0. The number of likely N-dealkylation sites (tertiary alicyclic amines) is 1. The smallest absolute Gasteiger partial charge is 0.0596 e. The van der Waals surface area contributed by atoms with Gasteiger partial charge in [0.15, 0.2) is 0 Å². The second-order valence-corrected chi connectivity index (χ2v) is 6.05. The van der Waals surface area contributed by atoms with Crippen molar-refractivity contribution in [3.8, 4) is 0 Å². The Balaban J connectivity index is 1.71. The van der Waals surface area contributed by atoms with Gasteiger partial charge in [-0.3, -0.25) is 14.6 Å². The molecule has 1 aliphatic heterocycles. The summed E-state index contributed by atoms with van der Waals surface area (Å²) in [7, 11) is 0. The van der Waals surface area contributed by atoms with E-state index in [0.29, 0.717) is 6.04 Å². The maximum atomic E-state index is 4.62. The molecule has 1 saturated heterocycles. The summed E-state index contributed by atoms with van der Waals surface area (Å²) >= 11 is 0. The van der Waals surface area contributed by atoms with Gasteiger partial charge in [0.25, 0.3) is 0 Å². The van der Waals surface area contributed by atoms with E-state index in [0.717, 1.165) is 24.5 Å². The predicted molar refractivity (Wildman–Crippen MR) is 84.0 cm³/mol. The molecule has 112 valence electrons. The molecule has 2 aromatic rings. The zero-order chi connectivity index (χ0) is 14.7. The fourth-order valence-corrected chi connectivity index (χ4v) is 3.23. The van der Waals surface area contributed by atoms with Crippen LogP contribution in [0.3, 0.4) is 0 Å². The third kappa shape index (κ3) is 3.50. The summed E-state index contributed by atoms with van der Waals surface area (Å²) < 4.78 is 2.16. The molecule has 2 aromatic heterocycles. The predicted octanol–water partition coefficient (Wildman–Crippen LogP) is 2.95. The number of nitrogens with zero attached hydrogens (tertiary/aromatic N) is 4. The van der Waals surface area contributed by atoms with Gasteiger partial charge in [0, 0.05) is 24.5 Å². The van der Waals surface area contributed by atoms with Gasteiger partial charge < -0.3 is 0 Å². The molecular weight excluding hydrogens is 260 g/mol. The summed E-state index contributed by atoms with van der Waals surface area (Å²) in [5.41, 5.74) is 3.54. The lowest BCUT2D eigenvalue weighted by Crippen LogP contribution is -2.42. The molecule has 0 amide bonds. The first-order chi connectivity index (χ1) is 10.2. The van der Waals surface area contributed by atoms with Crippen molar-refractivity contribution in [1.29, 1.82) is 0 Å². The van der Waals surface area contributed by atoms with E-state index in [9.17, 15) is 0 Å². The maximum Gasteiger partial charge on any atom is 0.0596 e. The first kappa shape index (κ1) is 14.3. The van der Waals surface area contributed by atoms with Gasteiger partial charge >= 0.3 is 0 Å². The highest BCUT2D eigenvalue weighted by Crippen LogP contribution is 2.21. The molecule has 0 radical (unpaired) electrons. The summed E-state index contributed by atoms with van der Waals surface area (Å²) in [5, 5.41) is 4.62. The molecule has 4 nitrogen and oxygen atoms in total. The molecule has 1 unspecified atom stereocenters. The van der Waals surface area contributed by atoms with Crippen LogP contribution in [0.15, 0.2) is 30.5 Å². The van der Waals surface area contributed by atoms with E-state index in [1.807, 2.05) is 12.3 Å². The van der Waals surface area contributed by atoms with Crippen molar-refractivity contribution in [3.05, 3.63) is 47.5 Å². The molecule has 0 spiro atoms. The molecule has 0 saturated carbocycles. The van der Waals surface area contributed by atoms with Gasteiger partial charge in [-0.15, -0.1) is 0 Å². The molecule has 0 aromatic carbocycles. The molecule has 1 aliphatic rings. The van der Waals surface area contributed by atoms with Crippen LogP contribution in [0.2, 0.25) is 0 Å². The van der Waals surface area contributed by atoms with Crippen molar-refractivity contribution < 1.29 is 0 Å². The van der Waals surface area contributed by atoms with Gasteiger partial charge in [-0.2, -0.15) is 5.10 Å². The van der Waals surface area contributed by atoms with Crippen molar-refractivity contribution in [1.82, 2.24) is 19.7 Å². The number of hydrogen-bond acceptors (Lipinski definition) is 3. The van der Waals surface area contributed by atoms with Crippen LogP contribution >= 0.6 is 0 Å². The third-order valence-electron chi connectivity index (χ3n) is 4.33. The average Bonchev–Trinajstić information content (AvgIpc) is 2.80. The molecule has 0 aliphatic carbocycles. The lowest BCUT2D eigenvalue weighted by molar-refractivity contribution is 0.120. The van der Waals surface area contributed by atoms with Crippen molar-refractivity contribution in [2.24, 2.45) is 0 Å². The molecule has 4 heteroatoms. The summed E-state index contributed by atoms with van der Waals surface area (Å²) in [6.45, 7) is 7.32. The molecule has 21 heavy (non-hydrogen) atoms. The van der Waals surface area contributed by atoms with E-state index in [1.165, 1.54) is 31.5 Å². The van der Waals surface area contributed by atoms with Crippen LogP contribution in [-0.2, 0) is 13.1 Å². The third-order valence-corrected chi connectivity index (χ3v) is 4.33. The van der Waals surface area contributed by atoms with E-state index in [2.05, 4.69) is 51.7 Å². The number of pyridine rings is 1. The molecule has 3 rings (SSSR count). The first-order valence-corrected chi connectivity index (χ1v) is 7.87. The number of piperidine rings is 1. The van der Waals surface area contributed by atoms with Crippen LogP contribution in [0.4, 0.5) is 0 Å². The van der Waals surface area contributed by atoms with Crippen LogP contribution in [0.5, 0.6) is 0 Å². The lowest BCUT2D eigenvalue weighted by Gasteiger charge is -2.35. The molecule has 0 N–H and O–H groups in total. The molecule has 0 bridgehead atoms. The van der Waals surface area contributed by atoms with Gasteiger partial charge in [-0.25, -0.2) is 0 Å². The second-order valence-electron chi connectivity index (χ2n) is 6.05. The number of aryl methyl sites for hydroxylation is 2. The largest absolute Gasteiger partial charge is 0.293 e. The monoisotopic (exact) mass is 284 g/mol. The second kappa shape index (κ2) is 6.39. The van der Waals surface area contributed by atoms with E-state index in [1.54, 1.807) is 0 Å². The fourth-order valence-electron chi connectivity index (χ4n) is 3.23. The van der Waals surface area contributed by atoms with E-state index < -0.39 is 0 Å². The highest BCUT2D eigenvalue weighted by atomic mass is 15.3. The van der Waals surface area contributed by atoms with E-state index >= 15 is 0 Å². The van der Waals surface area contributed by atoms with Crippen LogP contribution in [0.25, 0.3) is 0 Å². The topological polar surface area (TPSA) is 34.0 Å². The normalized spacial score (nSPS) is 19.8. The maximum absolute atomic E-state index is 4.62. The van der Waals surface area contributed by atoms with Crippen molar-refractivity contribution in [2.45, 2.75) is 52.2 Å². The Kier molecular flexibility index (Phi) is 4.34. The Hall–Kier alpha value is -1.68. The van der Waals surface area contributed by atoms with Gasteiger partial charge in [0.05, 0.1) is 17.9 Å². The highest BCUT2D eigenvalue weighted by Gasteiger charge is 2.23. The van der Waals surface area contributed by atoms with Crippen molar-refractivity contribution >= 4 is 0 Å². The van der Waals surface area contributed by atoms with Gasteiger partial charge in [-0.05, 0) is 51.4 Å². The Morgan fingerprint density at radius 3 is 2.86 bits per heavy atom. The van der Waals surface area contributed by atoms with Gasteiger partial charge in [-0.1, -0.05) is 12.5 Å². The van der Waals surface area contributed by atoms with Crippen LogP contribution < -0.4 is 0 Å². The SMILES string of the molecule is Cc1cc(C)n(CC2CCCCN2Cc2ccccn2)n1. The Morgan fingerprint density at radius 2 is 2.14 bits per heavy atom. The number of rotatable bonds is 4. The van der Waals surface area contributed by atoms with Crippen molar-refractivity contribution in [2.75, 3.05) is 6.54 Å². The minimum Gasteiger partial charge on any atom is -0.293 e. The van der Waals surface area contributed by atoms with Crippen LogP contribution in [0.1, 0.15) is 36.3 Å². The average molecular weight is 284 g/mol. The fraction of sp³-hybridized carbons (Fsp3) is 0.529. The minimum atomic E-state index is 0.568. The summed E-state index contributed by atoms with van der Waals surface area (Å²) in [4.78, 5) is 7.04. The molecule has 3 heterocycles. The van der Waals surface area contributed by atoms with Crippen LogP contribution in [0, 0.1) is 13.8 Å². The standard InChI is InChI=1S/C17H24N4/c1-14-11-15(2)21(19-14)13-17-8-4-6-10-20(17)12-16-7-3-5-9-18-16/h3,5,7,9,11,17H,4,6,8,10,12-13H2,1-2H3. The number of aromatic nitrogens is 3. The summed E-state index contributed by atoms with van der Waals surface area (Å²) in [6, 6.07) is 8.90. The zero-order valence-electron chi connectivity index (χ0n) is 13.0.